The molecule has 1 aromatic heterocycles. The lowest BCUT2D eigenvalue weighted by atomic mass is 10.0. The first-order valence-corrected chi connectivity index (χ1v) is 8.73. The third-order valence-corrected chi connectivity index (χ3v) is 5.40. The van der Waals surface area contributed by atoms with E-state index in [2.05, 4.69) is 15.0 Å². The third kappa shape index (κ3) is 3.70. The Bertz CT molecular complexity index is 522. The second-order valence-corrected chi connectivity index (χ2v) is 7.08. The van der Waals surface area contributed by atoms with Crippen molar-refractivity contribution in [2.24, 2.45) is 5.92 Å². The van der Waals surface area contributed by atoms with E-state index in [0.29, 0.717) is 11.7 Å². The molecule has 1 saturated carbocycles. The Morgan fingerprint density at radius 1 is 1.35 bits per heavy atom. The molecule has 0 amide bonds. The van der Waals surface area contributed by atoms with Gasteiger partial charge in [0.05, 0.1) is 0 Å². The molecule has 2 rings (SSSR count). The first-order valence-electron chi connectivity index (χ1n) is 7.25. The fraction of sp³-hybridized carbons (Fsp3) is 0.643. The van der Waals surface area contributed by atoms with Gasteiger partial charge < -0.3 is 5.32 Å². The number of rotatable bonds is 6. The van der Waals surface area contributed by atoms with Crippen LogP contribution in [0.2, 0.25) is 0 Å². The van der Waals surface area contributed by atoms with Crippen LogP contribution < -0.4 is 10.0 Å². The molecule has 1 aliphatic rings. The maximum absolute atomic E-state index is 12.3. The molecule has 1 aliphatic carbocycles. The summed E-state index contributed by atoms with van der Waals surface area (Å²) < 4.78 is 27.4. The number of nitrogens with zero attached hydrogens (tertiary/aromatic N) is 1. The summed E-state index contributed by atoms with van der Waals surface area (Å²) in [7, 11) is -3.47. The summed E-state index contributed by atoms with van der Waals surface area (Å²) in [6.45, 7) is 4.68. The number of sulfonamides is 1. The van der Waals surface area contributed by atoms with Crippen molar-refractivity contribution in [1.29, 1.82) is 0 Å². The normalized spacial score (nSPS) is 18.1. The topological polar surface area (TPSA) is 71.1 Å². The molecule has 2 N–H and O–H groups in total. The molecule has 0 aliphatic heterocycles. The lowest BCUT2D eigenvalue weighted by Gasteiger charge is -2.20. The molecule has 1 aromatic rings. The van der Waals surface area contributed by atoms with E-state index in [-0.39, 0.29) is 10.9 Å². The SMILES string of the molecule is CCNc1ccc(S(=O)(=O)NC(C)C2CCCC2)cn1. The molecular weight excluding hydrogens is 274 g/mol. The minimum Gasteiger partial charge on any atom is -0.370 e. The highest BCUT2D eigenvalue weighted by Gasteiger charge is 2.26. The van der Waals surface area contributed by atoms with Gasteiger partial charge in [0.25, 0.3) is 0 Å². The van der Waals surface area contributed by atoms with E-state index < -0.39 is 10.0 Å². The van der Waals surface area contributed by atoms with Gasteiger partial charge in [-0.3, -0.25) is 0 Å². The van der Waals surface area contributed by atoms with Crippen molar-refractivity contribution < 1.29 is 8.42 Å². The van der Waals surface area contributed by atoms with Crippen LogP contribution in [0, 0.1) is 5.92 Å². The summed E-state index contributed by atoms with van der Waals surface area (Å²) in [4.78, 5) is 4.34. The Morgan fingerprint density at radius 3 is 2.60 bits per heavy atom. The summed E-state index contributed by atoms with van der Waals surface area (Å²) >= 11 is 0. The average Bonchev–Trinajstić information content (AvgIpc) is 2.93. The predicted octanol–water partition coefficient (Wildman–Crippen LogP) is 2.37. The monoisotopic (exact) mass is 297 g/mol. The molecule has 5 nitrogen and oxygen atoms in total. The summed E-state index contributed by atoms with van der Waals surface area (Å²) in [5.41, 5.74) is 0. The fourth-order valence-corrected chi connectivity index (χ4v) is 3.95. The van der Waals surface area contributed by atoms with Gasteiger partial charge in [0.1, 0.15) is 10.7 Å². The Morgan fingerprint density at radius 2 is 2.05 bits per heavy atom. The lowest BCUT2D eigenvalue weighted by molar-refractivity contribution is 0.424. The molecule has 0 spiro atoms. The first-order chi connectivity index (χ1) is 9.53. The van der Waals surface area contributed by atoms with Crippen molar-refractivity contribution in [3.63, 3.8) is 0 Å². The van der Waals surface area contributed by atoms with Gasteiger partial charge in [-0.2, -0.15) is 0 Å². The zero-order valence-corrected chi connectivity index (χ0v) is 12.9. The molecule has 112 valence electrons. The highest BCUT2D eigenvalue weighted by molar-refractivity contribution is 7.89. The largest absolute Gasteiger partial charge is 0.370 e. The van der Waals surface area contributed by atoms with Crippen LogP contribution in [0.4, 0.5) is 5.82 Å². The second kappa shape index (κ2) is 6.54. The summed E-state index contributed by atoms with van der Waals surface area (Å²) in [6.07, 6.45) is 6.04. The number of pyridine rings is 1. The van der Waals surface area contributed by atoms with Crippen molar-refractivity contribution in [3.8, 4) is 0 Å². The van der Waals surface area contributed by atoms with Gasteiger partial charge >= 0.3 is 0 Å². The second-order valence-electron chi connectivity index (χ2n) is 5.36. The quantitative estimate of drug-likeness (QED) is 0.845. The highest BCUT2D eigenvalue weighted by atomic mass is 32.2. The molecule has 1 unspecified atom stereocenters. The van der Waals surface area contributed by atoms with E-state index in [4.69, 9.17) is 0 Å². The molecule has 0 radical (unpaired) electrons. The Labute approximate surface area is 121 Å². The molecule has 1 fully saturated rings. The molecule has 0 aromatic carbocycles. The van der Waals surface area contributed by atoms with Crippen molar-refractivity contribution in [2.45, 2.75) is 50.5 Å². The fourth-order valence-electron chi connectivity index (χ4n) is 2.69. The van der Waals surface area contributed by atoms with Crippen LogP contribution in [0.1, 0.15) is 39.5 Å². The van der Waals surface area contributed by atoms with Crippen molar-refractivity contribution in [3.05, 3.63) is 18.3 Å². The molecule has 1 atom stereocenters. The number of aromatic nitrogens is 1. The standard InChI is InChI=1S/C14H23N3O2S/c1-3-15-14-9-8-13(10-16-14)20(18,19)17-11(2)12-6-4-5-7-12/h8-12,17H,3-7H2,1-2H3,(H,15,16). The minimum atomic E-state index is -3.47. The van der Waals surface area contributed by atoms with Crippen molar-refractivity contribution in [1.82, 2.24) is 9.71 Å². The Balaban J connectivity index is 2.05. The zero-order chi connectivity index (χ0) is 14.6. The van der Waals surface area contributed by atoms with Crippen LogP contribution in [0.5, 0.6) is 0 Å². The van der Waals surface area contributed by atoms with Gasteiger partial charge in [-0.05, 0) is 44.7 Å². The molecule has 0 saturated heterocycles. The lowest BCUT2D eigenvalue weighted by Crippen LogP contribution is -2.37. The van der Waals surface area contributed by atoms with Crippen molar-refractivity contribution >= 4 is 15.8 Å². The third-order valence-electron chi connectivity index (χ3n) is 3.85. The molecule has 20 heavy (non-hydrogen) atoms. The number of anilines is 1. The van der Waals surface area contributed by atoms with Gasteiger partial charge in [-0.1, -0.05) is 12.8 Å². The van der Waals surface area contributed by atoms with Crippen molar-refractivity contribution in [2.75, 3.05) is 11.9 Å². The van der Waals surface area contributed by atoms with Gasteiger partial charge in [0.15, 0.2) is 0 Å². The van der Waals surface area contributed by atoms with Gasteiger partial charge in [-0.25, -0.2) is 18.1 Å². The zero-order valence-electron chi connectivity index (χ0n) is 12.1. The van der Waals surface area contributed by atoms with E-state index in [1.54, 1.807) is 12.1 Å². The summed E-state index contributed by atoms with van der Waals surface area (Å²) in [6, 6.07) is 3.27. The van der Waals surface area contributed by atoms with E-state index in [0.717, 1.165) is 19.4 Å². The summed E-state index contributed by atoms with van der Waals surface area (Å²) in [5, 5.41) is 3.05. The number of hydrogen-bond acceptors (Lipinski definition) is 4. The van der Waals surface area contributed by atoms with Gasteiger partial charge in [0.2, 0.25) is 10.0 Å². The van der Waals surface area contributed by atoms with Crippen LogP contribution in [-0.4, -0.2) is 26.0 Å². The van der Waals surface area contributed by atoms with E-state index in [1.807, 2.05) is 13.8 Å². The van der Waals surface area contributed by atoms with Gasteiger partial charge in [-0.15, -0.1) is 0 Å². The predicted molar refractivity (Wildman–Crippen MR) is 80.1 cm³/mol. The summed E-state index contributed by atoms with van der Waals surface area (Å²) in [5.74, 6) is 1.15. The Kier molecular flexibility index (Phi) is 4.99. The van der Waals surface area contributed by atoms with E-state index >= 15 is 0 Å². The molecule has 6 heteroatoms. The van der Waals surface area contributed by atoms with Crippen LogP contribution in [-0.2, 0) is 10.0 Å². The van der Waals surface area contributed by atoms with Crippen LogP contribution in [0.25, 0.3) is 0 Å². The number of nitrogens with one attached hydrogen (secondary N) is 2. The smallest absolute Gasteiger partial charge is 0.242 e. The van der Waals surface area contributed by atoms with Gasteiger partial charge in [0, 0.05) is 18.8 Å². The first kappa shape index (κ1) is 15.3. The van der Waals surface area contributed by atoms with E-state index in [1.165, 1.54) is 19.0 Å². The average molecular weight is 297 g/mol. The molecular formula is C14H23N3O2S. The van der Waals surface area contributed by atoms with E-state index in [9.17, 15) is 8.42 Å². The van der Waals surface area contributed by atoms with Crippen LogP contribution in [0.15, 0.2) is 23.2 Å². The van der Waals surface area contributed by atoms with Crippen LogP contribution in [0.3, 0.4) is 0 Å². The minimum absolute atomic E-state index is 0.0176. The maximum Gasteiger partial charge on any atom is 0.242 e. The molecule has 0 bridgehead atoms. The van der Waals surface area contributed by atoms with Crippen LogP contribution >= 0.6 is 0 Å². The maximum atomic E-state index is 12.3. The Hall–Kier alpha value is -1.14. The highest BCUT2D eigenvalue weighted by Crippen LogP contribution is 2.28. The number of hydrogen-bond donors (Lipinski definition) is 2. The molecule has 1 heterocycles.